The van der Waals surface area contributed by atoms with Gasteiger partial charge in [0.2, 0.25) is 0 Å². The fourth-order valence-electron chi connectivity index (χ4n) is 1.00. The molecule has 0 bridgehead atoms. The molecule has 0 amide bonds. The number of hydrogen-bond donors (Lipinski definition) is 0. The fourth-order valence-corrected chi connectivity index (χ4v) is 1.00. The predicted molar refractivity (Wildman–Crippen MR) is 95.0 cm³/mol. The van der Waals surface area contributed by atoms with E-state index in [0.717, 1.165) is 0 Å². The van der Waals surface area contributed by atoms with Crippen molar-refractivity contribution in [2.45, 2.75) is 0 Å². The lowest BCUT2D eigenvalue weighted by molar-refractivity contribution is 1.83. The van der Waals surface area contributed by atoms with Crippen LogP contribution in [0.1, 0.15) is 0 Å². The van der Waals surface area contributed by atoms with E-state index < -0.39 is 0 Å². The zero-order valence-electron chi connectivity index (χ0n) is 12.4. The summed E-state index contributed by atoms with van der Waals surface area (Å²) in [5.41, 5.74) is 15.0. The maximum atomic E-state index is 4.94. The summed E-state index contributed by atoms with van der Waals surface area (Å²) < 4.78 is 0. The van der Waals surface area contributed by atoms with Crippen LogP contribution in [0.5, 0.6) is 0 Å². The van der Waals surface area contributed by atoms with Crippen LogP contribution in [0.25, 0.3) is 0 Å². The Labute approximate surface area is 133 Å². The highest BCUT2D eigenvalue weighted by molar-refractivity contribution is 5.20. The molecule has 0 aliphatic carbocycles. The summed E-state index contributed by atoms with van der Waals surface area (Å²) in [5.74, 6) is 0. The van der Waals surface area contributed by atoms with Crippen LogP contribution >= 0.6 is 0 Å². The normalized spacial score (nSPS) is 10.7. The molecule has 0 heterocycles. The Morgan fingerprint density at radius 2 is 1.00 bits per heavy atom. The molecule has 0 aliphatic heterocycles. The number of allylic oxidation sites excluding steroid dienone is 14. The van der Waals surface area contributed by atoms with Gasteiger partial charge in [0.1, 0.15) is 0 Å². The van der Waals surface area contributed by atoms with Crippen LogP contribution < -0.4 is 0 Å². The van der Waals surface area contributed by atoms with E-state index in [0.29, 0.717) is 0 Å². The first-order chi connectivity index (χ1) is 10.9. The molecule has 105 valence electrons. The van der Waals surface area contributed by atoms with E-state index in [1.165, 1.54) is 0 Å². The lowest BCUT2D eigenvalue weighted by Gasteiger charge is -1.74. The smallest absolute Gasteiger partial charge is 0.000696 e. The van der Waals surface area contributed by atoms with Crippen LogP contribution in [0.4, 0.5) is 0 Å². The molecule has 0 spiro atoms. The Balaban J connectivity index is 4.19. The van der Waals surface area contributed by atoms with Crippen LogP contribution in [-0.4, -0.2) is 0 Å². The van der Waals surface area contributed by atoms with E-state index >= 15 is 0 Å². The zero-order chi connectivity index (χ0) is 16.1. The van der Waals surface area contributed by atoms with Crippen molar-refractivity contribution in [3.05, 3.63) is 133 Å². The third-order valence-corrected chi connectivity index (χ3v) is 1.87. The summed E-state index contributed by atoms with van der Waals surface area (Å²) in [7, 11) is 0. The highest BCUT2D eigenvalue weighted by atomic mass is 13.7. The van der Waals surface area contributed by atoms with Gasteiger partial charge in [-0.25, -0.2) is 0 Å². The fraction of sp³-hybridized carbons (Fsp3) is 0. The molecular weight excluding hydrogens is 264 g/mol. The number of rotatable bonds is 7. The van der Waals surface area contributed by atoms with Gasteiger partial charge in [0.25, 0.3) is 0 Å². The van der Waals surface area contributed by atoms with Crippen molar-refractivity contribution in [1.29, 1.82) is 0 Å². The molecule has 0 saturated heterocycles. The highest BCUT2D eigenvalue weighted by Crippen LogP contribution is 1.85. The summed E-state index contributed by atoms with van der Waals surface area (Å²) in [6.07, 6.45) is 26.5. The van der Waals surface area contributed by atoms with Crippen molar-refractivity contribution in [2.75, 3.05) is 0 Å². The van der Waals surface area contributed by atoms with Gasteiger partial charge in [-0.2, -0.15) is 0 Å². The molecule has 22 heavy (non-hydrogen) atoms. The van der Waals surface area contributed by atoms with Gasteiger partial charge in [-0.3, -0.25) is 0 Å². The van der Waals surface area contributed by atoms with E-state index in [4.69, 9.17) is 6.58 Å². The second-order valence-corrected chi connectivity index (χ2v) is 3.50. The largest absolute Gasteiger partial charge is 0.0991 e. The van der Waals surface area contributed by atoms with Crippen LogP contribution in [0.15, 0.2) is 126 Å². The topological polar surface area (TPSA) is 0 Å². The Kier molecular flexibility index (Phi) is 14.9. The summed E-state index contributed by atoms with van der Waals surface area (Å²) in [5, 5.41) is 0. The van der Waals surface area contributed by atoms with E-state index in [1.807, 2.05) is 72.9 Å². The van der Waals surface area contributed by atoms with Gasteiger partial charge in [-0.1, -0.05) is 97.0 Å². The minimum Gasteiger partial charge on any atom is -0.0991 e. The second-order valence-electron chi connectivity index (χ2n) is 3.50. The van der Waals surface area contributed by atoms with Gasteiger partial charge < -0.3 is 0 Å². The third kappa shape index (κ3) is 16.6. The van der Waals surface area contributed by atoms with E-state index in [2.05, 4.69) is 41.0 Å². The summed E-state index contributed by atoms with van der Waals surface area (Å²) in [4.78, 5) is 0. The molecule has 0 aliphatic rings. The van der Waals surface area contributed by atoms with Crippen LogP contribution in [0.3, 0.4) is 0 Å². The highest BCUT2D eigenvalue weighted by Gasteiger charge is 1.63. The molecule has 0 saturated carbocycles. The molecule has 1 radical (unpaired) electrons. The van der Waals surface area contributed by atoms with Crippen LogP contribution in [0.2, 0.25) is 0 Å². The van der Waals surface area contributed by atoms with Crippen molar-refractivity contribution in [3.63, 3.8) is 0 Å². The van der Waals surface area contributed by atoms with Gasteiger partial charge in [-0.05, 0) is 35.6 Å². The van der Waals surface area contributed by atoms with Crippen LogP contribution in [0, 0.1) is 6.58 Å². The second kappa shape index (κ2) is 17.6. The number of hydrogen-bond acceptors (Lipinski definition) is 0. The Morgan fingerprint density at radius 1 is 0.545 bits per heavy atom. The molecule has 0 heteroatoms. The van der Waals surface area contributed by atoms with Gasteiger partial charge in [0.15, 0.2) is 0 Å². The molecule has 0 atom stereocenters. The van der Waals surface area contributed by atoms with E-state index in [1.54, 1.807) is 12.2 Å². The molecular formula is C22H17. The Hall–Kier alpha value is -3.40. The maximum absolute atomic E-state index is 4.94. The van der Waals surface area contributed by atoms with Gasteiger partial charge in [0.05, 0.1) is 0 Å². The minimum absolute atomic E-state index is 1.71. The monoisotopic (exact) mass is 281 g/mol. The van der Waals surface area contributed by atoms with Crippen LogP contribution in [-0.2, 0) is 0 Å². The van der Waals surface area contributed by atoms with Gasteiger partial charge in [0, 0.05) is 0 Å². The molecule has 0 rings (SSSR count). The molecule has 0 fully saturated rings. The van der Waals surface area contributed by atoms with E-state index in [-0.39, 0.29) is 0 Å². The van der Waals surface area contributed by atoms with Gasteiger partial charge >= 0.3 is 0 Å². The molecule has 0 nitrogen and oxygen atoms in total. The predicted octanol–water partition coefficient (Wildman–Crippen LogP) is 5.43. The Morgan fingerprint density at radius 3 is 1.50 bits per heavy atom. The van der Waals surface area contributed by atoms with Crippen molar-refractivity contribution in [1.82, 2.24) is 0 Å². The quantitative estimate of drug-likeness (QED) is 0.431. The van der Waals surface area contributed by atoms with Crippen molar-refractivity contribution in [2.24, 2.45) is 0 Å². The molecule has 0 N–H and O–H groups in total. The van der Waals surface area contributed by atoms with Crippen molar-refractivity contribution < 1.29 is 0 Å². The molecule has 0 aromatic carbocycles. The average Bonchev–Trinajstić information content (AvgIpc) is 2.54. The maximum Gasteiger partial charge on any atom is -0.000696 e. The molecule has 0 aromatic heterocycles. The Bertz CT molecular complexity index is 722. The summed E-state index contributed by atoms with van der Waals surface area (Å²) >= 11 is 0. The summed E-state index contributed by atoms with van der Waals surface area (Å²) in [6, 6.07) is 0. The third-order valence-electron chi connectivity index (χ3n) is 1.87. The first-order valence-corrected chi connectivity index (χ1v) is 6.57. The zero-order valence-corrected chi connectivity index (χ0v) is 12.4. The van der Waals surface area contributed by atoms with Gasteiger partial charge in [-0.15, -0.1) is 0 Å². The summed E-state index contributed by atoms with van der Waals surface area (Å²) in [6.45, 7) is 8.53. The molecule has 0 aromatic rings. The van der Waals surface area contributed by atoms with Crippen molar-refractivity contribution >= 4 is 0 Å². The minimum atomic E-state index is 1.71. The standard InChI is InChI=1S/C22H17/c1-3-5-7-9-11-13-15-17-19-21-22-20-18-16-14-12-10-8-6-4-2/h1,4,6,8,10,12,14-22H,2H2/b8-6+,12-10+,16-14+,19-17+,20-18+,22-21+. The van der Waals surface area contributed by atoms with E-state index in [9.17, 15) is 0 Å². The lowest BCUT2D eigenvalue weighted by Crippen LogP contribution is -1.52. The first-order valence-electron chi connectivity index (χ1n) is 6.57. The lowest BCUT2D eigenvalue weighted by atomic mass is 10.3. The SMILES string of the molecule is [CH]=C=C=C=C=C=C=C/C=C/C=C/C=C/C=C/C=C/C=C/C=C. The van der Waals surface area contributed by atoms with Crippen molar-refractivity contribution in [3.8, 4) is 0 Å². The average molecular weight is 281 g/mol. The first kappa shape index (κ1) is 18.6. The molecule has 0 unspecified atom stereocenters.